The number of amides is 1. The van der Waals surface area contributed by atoms with Gasteiger partial charge in [0.1, 0.15) is 0 Å². The summed E-state index contributed by atoms with van der Waals surface area (Å²) >= 11 is 0. The molecule has 13 heteroatoms. The second kappa shape index (κ2) is 9.79. The molecule has 1 aliphatic rings. The molecule has 4 aromatic rings. The monoisotopic (exact) mass is 475 g/mol. The Morgan fingerprint density at radius 1 is 0.829 bits per heavy atom. The van der Waals surface area contributed by atoms with Crippen LogP contribution < -0.4 is 38.0 Å². The molecule has 1 amide bonds. The first-order valence-electron chi connectivity index (χ1n) is 11.2. The van der Waals surface area contributed by atoms with Crippen LogP contribution in [0.15, 0.2) is 41.2 Å². The van der Waals surface area contributed by atoms with E-state index < -0.39 is 0 Å². The summed E-state index contributed by atoms with van der Waals surface area (Å²) in [5, 5.41) is 15.6. The highest BCUT2D eigenvalue weighted by atomic mass is 16.2. The molecular formula is C22H25N11O2. The first kappa shape index (κ1) is 22.3. The highest BCUT2D eigenvalue weighted by Gasteiger charge is 2.18. The van der Waals surface area contributed by atoms with E-state index in [2.05, 4.69) is 51.5 Å². The van der Waals surface area contributed by atoms with Crippen molar-refractivity contribution in [3.8, 4) is 0 Å². The van der Waals surface area contributed by atoms with E-state index in [9.17, 15) is 9.59 Å². The number of hydrogen-bond acceptors (Lipinski definition) is 10. The molecular weight excluding hydrogens is 450 g/mol. The van der Waals surface area contributed by atoms with Gasteiger partial charge in [-0.3, -0.25) is 4.79 Å². The summed E-state index contributed by atoms with van der Waals surface area (Å²) in [6, 6.07) is 11.0. The van der Waals surface area contributed by atoms with Gasteiger partial charge >= 0.3 is 5.69 Å². The number of H-pyrrole nitrogens is 2. The van der Waals surface area contributed by atoms with Gasteiger partial charge in [-0.15, -0.1) is 0 Å². The summed E-state index contributed by atoms with van der Waals surface area (Å²) in [4.78, 5) is 42.1. The first-order valence-corrected chi connectivity index (χ1v) is 11.2. The van der Waals surface area contributed by atoms with E-state index in [0.29, 0.717) is 60.6 Å². The standard InChI is InChI=1S/C22H25N11O2/c23-5-6-24-7-8-25-19-31-20(26-13-1-3-15-12(9-13)10-18(34)28-15)33-21(32-19)27-14-2-4-16-17(11-14)30-22(35)29-16/h1-4,9,11,24H,5-8,10,23H2,(H,28,34)(H2,29,30,35)(H3,25,26,27,31,32,33). The lowest BCUT2D eigenvalue weighted by atomic mass is 10.1. The number of nitrogens with one attached hydrogen (secondary N) is 7. The van der Waals surface area contributed by atoms with Crippen molar-refractivity contribution in [2.75, 3.05) is 47.4 Å². The highest BCUT2D eigenvalue weighted by Crippen LogP contribution is 2.27. The summed E-state index contributed by atoms with van der Waals surface area (Å²) < 4.78 is 0. The Hall–Kier alpha value is -4.49. The smallest absolute Gasteiger partial charge is 0.323 e. The number of benzene rings is 2. The number of nitrogens with two attached hydrogens (primary N) is 1. The molecule has 0 aliphatic carbocycles. The fourth-order valence-electron chi connectivity index (χ4n) is 3.73. The van der Waals surface area contributed by atoms with Crippen LogP contribution in [0.3, 0.4) is 0 Å². The zero-order chi connectivity index (χ0) is 24.2. The van der Waals surface area contributed by atoms with E-state index in [0.717, 1.165) is 23.5 Å². The molecule has 2 aromatic heterocycles. The molecule has 1 aliphatic heterocycles. The number of aromatic nitrogens is 5. The fourth-order valence-corrected chi connectivity index (χ4v) is 3.73. The maximum atomic E-state index is 11.7. The van der Waals surface area contributed by atoms with Gasteiger partial charge in [0, 0.05) is 43.2 Å². The predicted molar refractivity (Wildman–Crippen MR) is 135 cm³/mol. The Morgan fingerprint density at radius 3 is 2.34 bits per heavy atom. The summed E-state index contributed by atoms with van der Waals surface area (Å²) in [5.74, 6) is 0.997. The minimum atomic E-state index is -0.273. The Balaban J connectivity index is 1.38. The molecule has 9 N–H and O–H groups in total. The average Bonchev–Trinajstić information content (AvgIpc) is 3.38. The maximum Gasteiger partial charge on any atom is 0.323 e. The quantitative estimate of drug-likeness (QED) is 0.153. The molecule has 0 fully saturated rings. The zero-order valence-electron chi connectivity index (χ0n) is 18.7. The van der Waals surface area contributed by atoms with Crippen molar-refractivity contribution in [2.45, 2.75) is 6.42 Å². The molecule has 0 unspecified atom stereocenters. The lowest BCUT2D eigenvalue weighted by molar-refractivity contribution is -0.115. The summed E-state index contributed by atoms with van der Waals surface area (Å²) in [6.07, 6.45) is 0.335. The number of imidazole rings is 1. The summed E-state index contributed by atoms with van der Waals surface area (Å²) in [6.45, 7) is 2.56. The number of rotatable bonds is 10. The molecule has 5 rings (SSSR count). The molecule has 3 heterocycles. The lowest BCUT2D eigenvalue weighted by Gasteiger charge is -2.12. The molecule has 0 atom stereocenters. The van der Waals surface area contributed by atoms with Gasteiger partial charge < -0.3 is 42.3 Å². The van der Waals surface area contributed by atoms with Crippen molar-refractivity contribution >= 4 is 51.8 Å². The molecule has 0 bridgehead atoms. The fraction of sp³-hybridized carbons (Fsp3) is 0.227. The Morgan fingerprint density at radius 2 is 1.54 bits per heavy atom. The van der Waals surface area contributed by atoms with Crippen LogP contribution >= 0.6 is 0 Å². The number of nitrogens with zero attached hydrogens (tertiary/aromatic N) is 3. The number of hydrogen-bond donors (Lipinski definition) is 8. The number of carbonyl (C=O) groups is 1. The van der Waals surface area contributed by atoms with Crippen LogP contribution in [0, 0.1) is 0 Å². The molecule has 35 heavy (non-hydrogen) atoms. The molecule has 0 spiro atoms. The third-order valence-corrected chi connectivity index (χ3v) is 5.30. The van der Waals surface area contributed by atoms with Crippen LogP contribution in [0.5, 0.6) is 0 Å². The van der Waals surface area contributed by atoms with Crippen LogP contribution in [-0.2, 0) is 11.2 Å². The van der Waals surface area contributed by atoms with Crippen molar-refractivity contribution in [2.24, 2.45) is 5.73 Å². The van der Waals surface area contributed by atoms with Gasteiger partial charge in [0.25, 0.3) is 0 Å². The topological polar surface area (TPSA) is 191 Å². The first-order chi connectivity index (χ1) is 17.1. The van der Waals surface area contributed by atoms with E-state index in [-0.39, 0.29) is 11.6 Å². The average molecular weight is 476 g/mol. The Kier molecular flexibility index (Phi) is 6.24. The van der Waals surface area contributed by atoms with Gasteiger partial charge in [0.2, 0.25) is 23.8 Å². The number of anilines is 6. The number of fused-ring (bicyclic) bond motifs is 2. The maximum absolute atomic E-state index is 11.7. The van der Waals surface area contributed by atoms with Crippen LogP contribution in [0.2, 0.25) is 0 Å². The van der Waals surface area contributed by atoms with E-state index in [4.69, 9.17) is 5.73 Å². The van der Waals surface area contributed by atoms with Gasteiger partial charge in [-0.05, 0) is 42.0 Å². The van der Waals surface area contributed by atoms with Crippen LogP contribution in [0.25, 0.3) is 11.0 Å². The second-order valence-electron chi connectivity index (χ2n) is 7.96. The van der Waals surface area contributed by atoms with Crippen molar-refractivity contribution in [1.82, 2.24) is 30.2 Å². The summed E-state index contributed by atoms with van der Waals surface area (Å²) in [7, 11) is 0. The third kappa shape index (κ3) is 5.37. The number of aromatic amines is 2. The van der Waals surface area contributed by atoms with Crippen molar-refractivity contribution in [3.05, 3.63) is 52.4 Å². The largest absolute Gasteiger partial charge is 0.353 e. The molecule has 13 nitrogen and oxygen atoms in total. The normalized spacial score (nSPS) is 12.4. The molecule has 0 radical (unpaired) electrons. The van der Waals surface area contributed by atoms with E-state index in [1.807, 2.05) is 24.3 Å². The van der Waals surface area contributed by atoms with Gasteiger partial charge in [0.05, 0.1) is 17.5 Å². The van der Waals surface area contributed by atoms with E-state index in [1.54, 1.807) is 12.1 Å². The van der Waals surface area contributed by atoms with Crippen LogP contribution in [-0.4, -0.2) is 57.0 Å². The highest BCUT2D eigenvalue weighted by molar-refractivity contribution is 5.99. The van der Waals surface area contributed by atoms with Gasteiger partial charge in [-0.2, -0.15) is 15.0 Å². The molecule has 180 valence electrons. The minimum Gasteiger partial charge on any atom is -0.353 e. The Labute approximate surface area is 199 Å². The van der Waals surface area contributed by atoms with Crippen LogP contribution in [0.1, 0.15) is 5.56 Å². The predicted octanol–water partition coefficient (Wildman–Crippen LogP) is 0.983. The van der Waals surface area contributed by atoms with Gasteiger partial charge in [-0.25, -0.2) is 4.79 Å². The molecule has 0 saturated carbocycles. The third-order valence-electron chi connectivity index (χ3n) is 5.30. The second-order valence-corrected chi connectivity index (χ2v) is 7.96. The molecule has 2 aromatic carbocycles. The summed E-state index contributed by atoms with van der Waals surface area (Å²) in [5.41, 5.74) is 9.77. The van der Waals surface area contributed by atoms with E-state index >= 15 is 0 Å². The van der Waals surface area contributed by atoms with Crippen LogP contribution in [0.4, 0.5) is 34.9 Å². The SMILES string of the molecule is NCCNCCNc1nc(Nc2ccc3c(c2)CC(=O)N3)nc(Nc2ccc3[nH]c(=O)[nH]c3c2)n1. The number of carbonyl (C=O) groups excluding carboxylic acids is 1. The lowest BCUT2D eigenvalue weighted by Crippen LogP contribution is -2.27. The van der Waals surface area contributed by atoms with Gasteiger partial charge in [0.15, 0.2) is 0 Å². The molecule has 0 saturated heterocycles. The van der Waals surface area contributed by atoms with Gasteiger partial charge in [-0.1, -0.05) is 0 Å². The van der Waals surface area contributed by atoms with Crippen molar-refractivity contribution in [1.29, 1.82) is 0 Å². The van der Waals surface area contributed by atoms with Crippen molar-refractivity contribution in [3.63, 3.8) is 0 Å². The Bertz CT molecular complexity index is 1430. The van der Waals surface area contributed by atoms with Crippen molar-refractivity contribution < 1.29 is 4.79 Å². The van der Waals surface area contributed by atoms with E-state index in [1.165, 1.54) is 0 Å². The minimum absolute atomic E-state index is 0.0285. The zero-order valence-corrected chi connectivity index (χ0v) is 18.7.